The Labute approximate surface area is 343 Å². The van der Waals surface area contributed by atoms with Gasteiger partial charge in [-0.05, 0) is 138 Å². The fraction of sp³-hybridized carbons (Fsp3) is 0.107. The summed E-state index contributed by atoms with van der Waals surface area (Å²) < 4.78 is 6.31. The van der Waals surface area contributed by atoms with Crippen LogP contribution in [-0.4, -0.2) is 9.97 Å². The van der Waals surface area contributed by atoms with Gasteiger partial charge in [0.25, 0.3) is 0 Å². The highest BCUT2D eigenvalue weighted by molar-refractivity contribution is 6.05. The molecule has 59 heavy (non-hydrogen) atoms. The third-order valence-corrected chi connectivity index (χ3v) is 13.3. The predicted molar refractivity (Wildman–Crippen MR) is 244 cm³/mol. The molecule has 3 nitrogen and oxygen atoms in total. The second kappa shape index (κ2) is 12.2. The van der Waals surface area contributed by atoms with Crippen LogP contribution in [-0.2, 0) is 10.8 Å². The maximum absolute atomic E-state index is 6.31. The lowest BCUT2D eigenvalue weighted by atomic mass is 9.81. The van der Waals surface area contributed by atoms with Crippen molar-refractivity contribution in [1.82, 2.24) is 9.97 Å². The molecule has 2 aliphatic carbocycles. The standard InChI is InChI=1S/C56H40N2O/c1-55(2)46-17-7-5-15-41(46)43-23-19-38(30-48(43)55)34-12-9-11-33(27-34)37-22-26-52-45(29-37)53-54(59-52)58-50-25-21-40(32-51(50)57-53)36-14-10-13-35(28-36)39-20-24-44-42-16-6-8-18-47(42)56(3,4)49(44)31-39/h5-32H,1-4H3. The topological polar surface area (TPSA) is 38.9 Å². The van der Waals surface area contributed by atoms with Crippen molar-refractivity contribution < 1.29 is 4.42 Å². The van der Waals surface area contributed by atoms with Crippen LogP contribution in [0.1, 0.15) is 49.9 Å². The van der Waals surface area contributed by atoms with E-state index in [4.69, 9.17) is 14.4 Å². The van der Waals surface area contributed by atoms with E-state index >= 15 is 0 Å². The smallest absolute Gasteiger partial charge is 0.246 e. The van der Waals surface area contributed by atoms with E-state index in [0.717, 1.165) is 49.8 Å². The summed E-state index contributed by atoms with van der Waals surface area (Å²) in [6.45, 7) is 9.34. The molecule has 0 atom stereocenters. The molecule has 12 rings (SSSR count). The first-order valence-electron chi connectivity index (χ1n) is 20.6. The van der Waals surface area contributed by atoms with Crippen molar-refractivity contribution in [3.63, 3.8) is 0 Å². The Morgan fingerprint density at radius 2 is 0.814 bits per heavy atom. The summed E-state index contributed by atoms with van der Waals surface area (Å²) in [5.41, 5.74) is 23.9. The van der Waals surface area contributed by atoms with Crippen molar-refractivity contribution >= 4 is 33.2 Å². The Bertz CT molecular complexity index is 3390. The van der Waals surface area contributed by atoms with Crippen LogP contribution in [0.5, 0.6) is 0 Å². The molecule has 0 fully saturated rings. The van der Waals surface area contributed by atoms with Crippen LogP contribution in [0.2, 0.25) is 0 Å². The molecular formula is C56H40N2O. The van der Waals surface area contributed by atoms with Crippen LogP contribution < -0.4 is 0 Å². The van der Waals surface area contributed by atoms with Gasteiger partial charge in [-0.1, -0.05) is 149 Å². The van der Waals surface area contributed by atoms with E-state index in [1.165, 1.54) is 66.8 Å². The second-order valence-electron chi connectivity index (χ2n) is 17.4. The van der Waals surface area contributed by atoms with Gasteiger partial charge in [-0.25, -0.2) is 9.97 Å². The molecule has 0 bridgehead atoms. The van der Waals surface area contributed by atoms with Crippen molar-refractivity contribution in [2.75, 3.05) is 0 Å². The minimum absolute atomic E-state index is 0.0436. The summed E-state index contributed by atoms with van der Waals surface area (Å²) in [6.07, 6.45) is 0. The van der Waals surface area contributed by atoms with Gasteiger partial charge < -0.3 is 4.42 Å². The first kappa shape index (κ1) is 34.0. The van der Waals surface area contributed by atoms with E-state index < -0.39 is 0 Å². The first-order chi connectivity index (χ1) is 28.7. The number of furan rings is 1. The van der Waals surface area contributed by atoms with Gasteiger partial charge in [0, 0.05) is 16.2 Å². The Kier molecular flexibility index (Phi) is 7.03. The number of aromatic nitrogens is 2. The molecule has 2 aromatic heterocycles. The molecule has 0 saturated heterocycles. The zero-order valence-electron chi connectivity index (χ0n) is 33.5. The quantitative estimate of drug-likeness (QED) is 0.179. The van der Waals surface area contributed by atoms with Crippen LogP contribution in [0.4, 0.5) is 0 Å². The Balaban J connectivity index is 0.886. The highest BCUT2D eigenvalue weighted by Crippen LogP contribution is 2.51. The number of fused-ring (bicyclic) bond motifs is 10. The van der Waals surface area contributed by atoms with Crippen LogP contribution in [0, 0.1) is 0 Å². The second-order valence-corrected chi connectivity index (χ2v) is 17.4. The van der Waals surface area contributed by atoms with Crippen LogP contribution in [0.15, 0.2) is 174 Å². The first-order valence-corrected chi connectivity index (χ1v) is 20.6. The Morgan fingerprint density at radius 3 is 1.39 bits per heavy atom. The number of nitrogens with zero attached hydrogens (tertiary/aromatic N) is 2. The summed E-state index contributed by atoms with van der Waals surface area (Å²) in [6, 6.07) is 62.0. The van der Waals surface area contributed by atoms with Crippen molar-refractivity contribution in [3.8, 4) is 66.8 Å². The summed E-state index contributed by atoms with van der Waals surface area (Å²) in [4.78, 5) is 10.2. The van der Waals surface area contributed by atoms with E-state index in [-0.39, 0.29) is 10.8 Å². The lowest BCUT2D eigenvalue weighted by molar-refractivity contribution is 0.655. The molecule has 0 amide bonds. The fourth-order valence-corrected chi connectivity index (χ4v) is 10.1. The van der Waals surface area contributed by atoms with E-state index in [9.17, 15) is 0 Å². The summed E-state index contributed by atoms with van der Waals surface area (Å²) in [5, 5.41) is 0.962. The SMILES string of the molecule is CC1(C)c2ccccc2-c2ccc(-c3cccc(-c4ccc5nc6oc7ccc(-c8cccc(-c9ccc%10c(c9)C(C)(C)c9ccccc9-%10)c8)cc7c6nc5c4)c3)cc21. The maximum Gasteiger partial charge on any atom is 0.246 e. The van der Waals surface area contributed by atoms with E-state index in [1.54, 1.807) is 0 Å². The van der Waals surface area contributed by atoms with E-state index in [1.807, 2.05) is 0 Å². The molecule has 0 spiro atoms. The number of hydrogen-bond donors (Lipinski definition) is 0. The lowest BCUT2D eigenvalue weighted by Gasteiger charge is -2.22. The summed E-state index contributed by atoms with van der Waals surface area (Å²) >= 11 is 0. The minimum atomic E-state index is -0.0446. The van der Waals surface area contributed by atoms with Gasteiger partial charge in [-0.2, -0.15) is 0 Å². The van der Waals surface area contributed by atoms with Gasteiger partial charge in [0.1, 0.15) is 11.1 Å². The number of benzene rings is 8. The normalized spacial score (nSPS) is 14.4. The molecular weight excluding hydrogens is 717 g/mol. The van der Waals surface area contributed by atoms with Gasteiger partial charge in [0.15, 0.2) is 0 Å². The minimum Gasteiger partial charge on any atom is -0.436 e. The zero-order valence-corrected chi connectivity index (χ0v) is 33.5. The van der Waals surface area contributed by atoms with Gasteiger partial charge in [0.2, 0.25) is 5.71 Å². The van der Waals surface area contributed by atoms with E-state index in [0.29, 0.717) is 5.71 Å². The molecule has 8 aromatic carbocycles. The van der Waals surface area contributed by atoms with Gasteiger partial charge >= 0.3 is 0 Å². The third kappa shape index (κ3) is 5.07. The fourth-order valence-electron chi connectivity index (χ4n) is 10.1. The molecule has 280 valence electrons. The largest absolute Gasteiger partial charge is 0.436 e. The van der Waals surface area contributed by atoms with Crippen LogP contribution in [0.3, 0.4) is 0 Å². The van der Waals surface area contributed by atoms with Gasteiger partial charge in [0.05, 0.1) is 11.0 Å². The average molecular weight is 757 g/mol. The summed E-state index contributed by atoms with van der Waals surface area (Å²) in [5.74, 6) is 0. The van der Waals surface area contributed by atoms with Crippen molar-refractivity contribution in [2.45, 2.75) is 38.5 Å². The van der Waals surface area contributed by atoms with Crippen LogP contribution in [0.25, 0.3) is 100.0 Å². The highest BCUT2D eigenvalue weighted by Gasteiger charge is 2.36. The molecule has 0 unspecified atom stereocenters. The molecule has 2 aliphatic rings. The lowest BCUT2D eigenvalue weighted by Crippen LogP contribution is -2.14. The predicted octanol–water partition coefficient (Wildman–Crippen LogP) is 14.8. The number of rotatable bonds is 4. The molecule has 10 aromatic rings. The zero-order chi connectivity index (χ0) is 39.6. The monoisotopic (exact) mass is 756 g/mol. The Morgan fingerprint density at radius 1 is 0.356 bits per heavy atom. The van der Waals surface area contributed by atoms with Crippen molar-refractivity contribution in [2.24, 2.45) is 0 Å². The van der Waals surface area contributed by atoms with Crippen LogP contribution >= 0.6 is 0 Å². The van der Waals surface area contributed by atoms with Crippen molar-refractivity contribution in [1.29, 1.82) is 0 Å². The Hall–Kier alpha value is -7.10. The van der Waals surface area contributed by atoms with Gasteiger partial charge in [-0.15, -0.1) is 0 Å². The van der Waals surface area contributed by atoms with Crippen molar-refractivity contribution in [3.05, 3.63) is 192 Å². The molecule has 3 heteroatoms. The van der Waals surface area contributed by atoms with E-state index in [2.05, 4.69) is 198 Å². The molecule has 0 radical (unpaired) electrons. The molecule has 0 saturated carbocycles. The molecule has 2 heterocycles. The third-order valence-electron chi connectivity index (χ3n) is 13.3. The van der Waals surface area contributed by atoms with Gasteiger partial charge in [-0.3, -0.25) is 0 Å². The molecule has 0 aliphatic heterocycles. The maximum atomic E-state index is 6.31. The molecule has 0 N–H and O–H groups in total. The number of hydrogen-bond acceptors (Lipinski definition) is 3. The highest BCUT2D eigenvalue weighted by atomic mass is 16.3. The average Bonchev–Trinajstić information content (AvgIpc) is 3.83. The summed E-state index contributed by atoms with van der Waals surface area (Å²) in [7, 11) is 0.